The lowest BCUT2D eigenvalue weighted by Crippen LogP contribution is -2.23. The monoisotopic (exact) mass is 231 g/mol. The Kier molecular flexibility index (Phi) is 3.16. The van der Waals surface area contributed by atoms with Gasteiger partial charge >= 0.3 is 0 Å². The second-order valence-electron chi connectivity index (χ2n) is 5.19. The molecule has 1 aliphatic carbocycles. The molecule has 2 aliphatic rings. The maximum Gasteiger partial charge on any atom is 0.151 e. The van der Waals surface area contributed by atoms with Crippen LogP contribution in [-0.2, 0) is 0 Å². The highest BCUT2D eigenvalue weighted by molar-refractivity contribution is 5.66. The Morgan fingerprint density at radius 2 is 1.88 bits per heavy atom. The summed E-state index contributed by atoms with van der Waals surface area (Å²) in [6, 6.07) is 4.89. The van der Waals surface area contributed by atoms with E-state index in [-0.39, 0.29) is 0 Å². The second kappa shape index (κ2) is 4.94. The van der Waals surface area contributed by atoms with Crippen molar-refractivity contribution in [3.8, 4) is 0 Å². The highest BCUT2D eigenvalue weighted by Gasteiger charge is 2.20. The Labute approximate surface area is 103 Å². The molecule has 3 heteroatoms. The van der Waals surface area contributed by atoms with E-state index in [1.54, 1.807) is 0 Å². The third-order valence-electron chi connectivity index (χ3n) is 3.91. The number of rotatable bonds is 3. The van der Waals surface area contributed by atoms with Crippen molar-refractivity contribution in [2.45, 2.75) is 44.6 Å². The first-order chi connectivity index (χ1) is 8.43. The van der Waals surface area contributed by atoms with Crippen molar-refractivity contribution in [3.63, 3.8) is 0 Å². The summed E-state index contributed by atoms with van der Waals surface area (Å²) in [6.45, 7) is 2.33. The summed E-state index contributed by atoms with van der Waals surface area (Å²) in [5, 5.41) is 3.68. The molecular weight excluding hydrogens is 210 g/mol. The molecule has 1 saturated carbocycles. The van der Waals surface area contributed by atoms with Crippen LogP contribution in [0.15, 0.2) is 18.3 Å². The van der Waals surface area contributed by atoms with E-state index in [0.717, 1.165) is 18.9 Å². The Bertz CT molecular complexity index is 365. The predicted octanol–water partition coefficient (Wildman–Crippen LogP) is 3.04. The fraction of sp³-hybridized carbons (Fsp3) is 0.643. The van der Waals surface area contributed by atoms with E-state index in [9.17, 15) is 0 Å². The van der Waals surface area contributed by atoms with Gasteiger partial charge in [0, 0.05) is 25.3 Å². The first-order valence-electron chi connectivity index (χ1n) is 6.90. The lowest BCUT2D eigenvalue weighted by Gasteiger charge is -2.22. The van der Waals surface area contributed by atoms with Gasteiger partial charge in [-0.15, -0.1) is 0 Å². The zero-order valence-electron chi connectivity index (χ0n) is 10.4. The molecule has 1 N–H and O–H groups in total. The van der Waals surface area contributed by atoms with E-state index in [4.69, 9.17) is 0 Å². The van der Waals surface area contributed by atoms with E-state index in [1.165, 1.54) is 44.2 Å². The number of anilines is 2. The molecule has 0 unspecified atom stereocenters. The minimum Gasteiger partial charge on any atom is -0.379 e. The minimum atomic E-state index is 0.667. The molecule has 1 aromatic heterocycles. The molecule has 1 aliphatic heterocycles. The van der Waals surface area contributed by atoms with Crippen LogP contribution in [0, 0.1) is 0 Å². The van der Waals surface area contributed by atoms with Crippen molar-refractivity contribution >= 4 is 11.5 Å². The lowest BCUT2D eigenvalue weighted by atomic mass is 10.2. The van der Waals surface area contributed by atoms with E-state index >= 15 is 0 Å². The van der Waals surface area contributed by atoms with Crippen LogP contribution in [0.2, 0.25) is 0 Å². The third kappa shape index (κ3) is 2.38. The molecule has 92 valence electrons. The molecule has 0 radical (unpaired) electrons. The van der Waals surface area contributed by atoms with Gasteiger partial charge in [0.25, 0.3) is 0 Å². The van der Waals surface area contributed by atoms with Gasteiger partial charge in [0.1, 0.15) is 0 Å². The first-order valence-corrected chi connectivity index (χ1v) is 6.90. The van der Waals surface area contributed by atoms with Crippen molar-refractivity contribution in [2.75, 3.05) is 23.3 Å². The first kappa shape index (κ1) is 10.9. The Morgan fingerprint density at radius 3 is 2.65 bits per heavy atom. The number of pyridine rings is 1. The van der Waals surface area contributed by atoms with Crippen molar-refractivity contribution < 1.29 is 0 Å². The van der Waals surface area contributed by atoms with Gasteiger partial charge in [-0.25, -0.2) is 4.98 Å². The molecule has 0 bridgehead atoms. The maximum absolute atomic E-state index is 4.57. The fourth-order valence-electron chi connectivity index (χ4n) is 2.98. The van der Waals surface area contributed by atoms with E-state index in [2.05, 4.69) is 21.3 Å². The summed E-state index contributed by atoms with van der Waals surface area (Å²) in [4.78, 5) is 6.98. The average Bonchev–Trinajstić information content (AvgIpc) is 3.01. The lowest BCUT2D eigenvalue weighted by molar-refractivity contribution is 0.753. The molecule has 0 aromatic carbocycles. The minimum absolute atomic E-state index is 0.667. The smallest absolute Gasteiger partial charge is 0.151 e. The van der Waals surface area contributed by atoms with Gasteiger partial charge in [0.05, 0.1) is 5.69 Å². The molecule has 0 amide bonds. The molecule has 3 rings (SSSR count). The fourth-order valence-corrected chi connectivity index (χ4v) is 2.98. The summed E-state index contributed by atoms with van der Waals surface area (Å²) in [6.07, 6.45) is 9.89. The maximum atomic E-state index is 4.57. The second-order valence-corrected chi connectivity index (χ2v) is 5.19. The predicted molar refractivity (Wildman–Crippen MR) is 71.6 cm³/mol. The summed E-state index contributed by atoms with van der Waals surface area (Å²) in [5.41, 5.74) is 1.24. The van der Waals surface area contributed by atoms with Gasteiger partial charge in [0.15, 0.2) is 5.82 Å². The van der Waals surface area contributed by atoms with Crippen molar-refractivity contribution in [1.29, 1.82) is 0 Å². The van der Waals surface area contributed by atoms with Gasteiger partial charge in [-0.2, -0.15) is 0 Å². The van der Waals surface area contributed by atoms with Crippen LogP contribution in [-0.4, -0.2) is 24.1 Å². The number of nitrogens with one attached hydrogen (secondary N) is 1. The quantitative estimate of drug-likeness (QED) is 0.866. The molecule has 1 aromatic rings. The van der Waals surface area contributed by atoms with Crippen molar-refractivity contribution in [2.24, 2.45) is 0 Å². The number of hydrogen-bond acceptors (Lipinski definition) is 3. The largest absolute Gasteiger partial charge is 0.379 e. The Hall–Kier alpha value is -1.25. The van der Waals surface area contributed by atoms with Crippen LogP contribution < -0.4 is 10.2 Å². The molecule has 0 spiro atoms. The Morgan fingerprint density at radius 1 is 1.12 bits per heavy atom. The van der Waals surface area contributed by atoms with Gasteiger partial charge in [-0.3, -0.25) is 0 Å². The van der Waals surface area contributed by atoms with E-state index in [1.807, 2.05) is 12.3 Å². The zero-order chi connectivity index (χ0) is 11.5. The van der Waals surface area contributed by atoms with E-state index in [0.29, 0.717) is 6.04 Å². The summed E-state index contributed by atoms with van der Waals surface area (Å²) >= 11 is 0. The van der Waals surface area contributed by atoms with Crippen LogP contribution in [0.25, 0.3) is 0 Å². The average molecular weight is 231 g/mol. The molecule has 17 heavy (non-hydrogen) atoms. The van der Waals surface area contributed by atoms with Crippen LogP contribution in [0.5, 0.6) is 0 Å². The SMILES string of the molecule is c1cnc(N2CCCC2)c(NC2CCCC2)c1. The highest BCUT2D eigenvalue weighted by atomic mass is 15.2. The van der Waals surface area contributed by atoms with Gasteiger partial charge in [0.2, 0.25) is 0 Å². The van der Waals surface area contributed by atoms with E-state index < -0.39 is 0 Å². The normalized spacial score (nSPS) is 21.1. The number of aromatic nitrogens is 1. The van der Waals surface area contributed by atoms with Crippen molar-refractivity contribution in [3.05, 3.63) is 18.3 Å². The Balaban J connectivity index is 1.77. The molecule has 3 nitrogen and oxygen atoms in total. The molecule has 1 saturated heterocycles. The van der Waals surface area contributed by atoms with Crippen LogP contribution in [0.1, 0.15) is 38.5 Å². The summed E-state index contributed by atoms with van der Waals surface area (Å²) < 4.78 is 0. The summed E-state index contributed by atoms with van der Waals surface area (Å²) in [5.74, 6) is 1.16. The van der Waals surface area contributed by atoms with Crippen LogP contribution in [0.3, 0.4) is 0 Å². The topological polar surface area (TPSA) is 28.2 Å². The highest BCUT2D eigenvalue weighted by Crippen LogP contribution is 2.29. The summed E-state index contributed by atoms with van der Waals surface area (Å²) in [7, 11) is 0. The van der Waals surface area contributed by atoms with Crippen LogP contribution >= 0.6 is 0 Å². The van der Waals surface area contributed by atoms with Crippen molar-refractivity contribution in [1.82, 2.24) is 4.98 Å². The van der Waals surface area contributed by atoms with Gasteiger partial charge < -0.3 is 10.2 Å². The molecule has 0 atom stereocenters. The zero-order valence-corrected chi connectivity index (χ0v) is 10.4. The van der Waals surface area contributed by atoms with Gasteiger partial charge in [-0.1, -0.05) is 12.8 Å². The molecule has 2 fully saturated rings. The number of hydrogen-bond donors (Lipinski definition) is 1. The molecular formula is C14H21N3. The number of nitrogens with zero attached hydrogens (tertiary/aromatic N) is 2. The van der Waals surface area contributed by atoms with Crippen LogP contribution in [0.4, 0.5) is 11.5 Å². The standard InChI is InChI=1S/C14H21N3/c1-2-7-12(6-1)16-13-8-5-9-15-14(13)17-10-3-4-11-17/h5,8-9,12,16H,1-4,6-7,10-11H2. The van der Waals surface area contributed by atoms with Gasteiger partial charge in [-0.05, 0) is 37.8 Å². The molecule has 2 heterocycles. The third-order valence-corrected chi connectivity index (χ3v) is 3.91.